The number of rotatable bonds is 3. The maximum atomic E-state index is 12.0. The van der Waals surface area contributed by atoms with E-state index >= 15 is 0 Å². The number of likely N-dealkylation sites (tertiary alicyclic amines) is 1. The monoisotopic (exact) mass is 236 g/mol. The predicted molar refractivity (Wildman–Crippen MR) is 61.8 cm³/mol. The van der Waals surface area contributed by atoms with E-state index in [1.54, 1.807) is 12.3 Å². The maximum absolute atomic E-state index is 12.0. The van der Waals surface area contributed by atoms with E-state index in [9.17, 15) is 9.59 Å². The fourth-order valence-electron chi connectivity index (χ4n) is 2.29. The van der Waals surface area contributed by atoms with Crippen molar-refractivity contribution >= 4 is 11.9 Å². The molecule has 1 aromatic rings. The number of carbonyl (C=O) groups is 2. The highest BCUT2D eigenvalue weighted by atomic mass is 16.4. The van der Waals surface area contributed by atoms with Gasteiger partial charge in [0, 0.05) is 18.8 Å². The standard InChI is InChI=1S/C12H16N2O3/c1-9-4-2-7-14(9)11(15)8-13-6-3-5-10(13)12(16)17/h3,5-6,9H,2,4,7-8H2,1H3,(H,16,17). The molecule has 17 heavy (non-hydrogen) atoms. The minimum absolute atomic E-state index is 0.00583. The highest BCUT2D eigenvalue weighted by Crippen LogP contribution is 2.17. The molecule has 0 radical (unpaired) electrons. The van der Waals surface area contributed by atoms with Gasteiger partial charge in [-0.25, -0.2) is 4.79 Å². The normalized spacial score (nSPS) is 19.6. The molecule has 1 atom stereocenters. The second kappa shape index (κ2) is 4.61. The lowest BCUT2D eigenvalue weighted by Gasteiger charge is -2.21. The van der Waals surface area contributed by atoms with Crippen LogP contribution >= 0.6 is 0 Å². The first-order valence-corrected chi connectivity index (χ1v) is 5.77. The minimum atomic E-state index is -1.00. The lowest BCUT2D eigenvalue weighted by atomic mass is 10.2. The number of hydrogen-bond acceptors (Lipinski definition) is 2. The van der Waals surface area contributed by atoms with Crippen molar-refractivity contribution in [1.82, 2.24) is 9.47 Å². The second-order valence-electron chi connectivity index (χ2n) is 4.40. The Morgan fingerprint density at radius 1 is 1.53 bits per heavy atom. The van der Waals surface area contributed by atoms with Crippen molar-refractivity contribution in [2.75, 3.05) is 6.54 Å². The number of aromatic carboxylic acids is 1. The molecule has 5 heteroatoms. The van der Waals surface area contributed by atoms with Gasteiger partial charge in [-0.3, -0.25) is 4.79 Å². The van der Waals surface area contributed by atoms with E-state index in [4.69, 9.17) is 5.11 Å². The highest BCUT2D eigenvalue weighted by molar-refractivity contribution is 5.87. The average molecular weight is 236 g/mol. The zero-order valence-corrected chi connectivity index (χ0v) is 9.80. The van der Waals surface area contributed by atoms with E-state index < -0.39 is 5.97 Å². The first kappa shape index (κ1) is 11.7. The largest absolute Gasteiger partial charge is 0.477 e. The summed E-state index contributed by atoms with van der Waals surface area (Å²) < 4.78 is 1.48. The summed E-state index contributed by atoms with van der Waals surface area (Å²) in [6, 6.07) is 3.42. The van der Waals surface area contributed by atoms with Gasteiger partial charge in [-0.1, -0.05) is 0 Å². The third-order valence-electron chi connectivity index (χ3n) is 3.23. The zero-order chi connectivity index (χ0) is 12.4. The molecule has 1 aromatic heterocycles. The summed E-state index contributed by atoms with van der Waals surface area (Å²) in [6.45, 7) is 2.92. The minimum Gasteiger partial charge on any atom is -0.477 e. The van der Waals surface area contributed by atoms with Crippen LogP contribution in [-0.2, 0) is 11.3 Å². The van der Waals surface area contributed by atoms with Crippen molar-refractivity contribution in [2.45, 2.75) is 32.4 Å². The molecule has 1 unspecified atom stereocenters. The Bertz CT molecular complexity index is 439. The molecule has 1 saturated heterocycles. The van der Waals surface area contributed by atoms with Gasteiger partial charge in [0.25, 0.3) is 0 Å². The van der Waals surface area contributed by atoms with Crippen LogP contribution in [0.2, 0.25) is 0 Å². The smallest absolute Gasteiger partial charge is 0.352 e. The molecule has 2 heterocycles. The number of amides is 1. The van der Waals surface area contributed by atoms with Crippen LogP contribution < -0.4 is 0 Å². The quantitative estimate of drug-likeness (QED) is 0.857. The summed E-state index contributed by atoms with van der Waals surface area (Å²) in [7, 11) is 0. The number of carbonyl (C=O) groups excluding carboxylic acids is 1. The van der Waals surface area contributed by atoms with E-state index in [0.717, 1.165) is 19.4 Å². The molecular weight excluding hydrogens is 220 g/mol. The average Bonchev–Trinajstić information content (AvgIpc) is 2.86. The van der Waals surface area contributed by atoms with Crippen molar-refractivity contribution in [3.05, 3.63) is 24.0 Å². The molecule has 1 aliphatic rings. The first-order valence-electron chi connectivity index (χ1n) is 5.77. The summed E-state index contributed by atoms with van der Waals surface area (Å²) in [5, 5.41) is 8.94. The van der Waals surface area contributed by atoms with Gasteiger partial charge in [0.15, 0.2) is 0 Å². The van der Waals surface area contributed by atoms with Crippen LogP contribution in [-0.4, -0.2) is 39.0 Å². The summed E-state index contributed by atoms with van der Waals surface area (Å²) in [5.74, 6) is -1.01. The number of carboxylic acids is 1. The van der Waals surface area contributed by atoms with E-state index in [-0.39, 0.29) is 24.2 Å². The Morgan fingerprint density at radius 3 is 2.88 bits per heavy atom. The van der Waals surface area contributed by atoms with E-state index in [1.807, 2.05) is 11.8 Å². The first-order chi connectivity index (χ1) is 8.09. The Kier molecular flexibility index (Phi) is 3.17. The van der Waals surface area contributed by atoms with Gasteiger partial charge >= 0.3 is 5.97 Å². The molecule has 2 rings (SSSR count). The lowest BCUT2D eigenvalue weighted by molar-refractivity contribution is -0.132. The van der Waals surface area contributed by atoms with Crippen molar-refractivity contribution in [3.63, 3.8) is 0 Å². The van der Waals surface area contributed by atoms with Crippen LogP contribution in [0, 0.1) is 0 Å². The van der Waals surface area contributed by atoms with Gasteiger partial charge in [0.05, 0.1) is 0 Å². The summed E-state index contributed by atoms with van der Waals surface area (Å²) in [5.41, 5.74) is 0.158. The Morgan fingerprint density at radius 2 is 2.29 bits per heavy atom. The number of nitrogens with zero attached hydrogens (tertiary/aromatic N) is 2. The topological polar surface area (TPSA) is 62.5 Å². The van der Waals surface area contributed by atoms with Gasteiger partial charge in [-0.05, 0) is 31.9 Å². The van der Waals surface area contributed by atoms with Gasteiger partial charge in [0.1, 0.15) is 12.2 Å². The number of carboxylic acid groups (broad SMARTS) is 1. The number of hydrogen-bond donors (Lipinski definition) is 1. The van der Waals surface area contributed by atoms with Crippen LogP contribution in [0.25, 0.3) is 0 Å². The van der Waals surface area contributed by atoms with E-state index in [0.29, 0.717) is 0 Å². The Balaban J connectivity index is 2.07. The second-order valence-corrected chi connectivity index (χ2v) is 4.40. The molecule has 1 amide bonds. The van der Waals surface area contributed by atoms with Crippen molar-refractivity contribution in [1.29, 1.82) is 0 Å². The van der Waals surface area contributed by atoms with Gasteiger partial charge in [-0.2, -0.15) is 0 Å². The number of aromatic nitrogens is 1. The highest BCUT2D eigenvalue weighted by Gasteiger charge is 2.25. The van der Waals surface area contributed by atoms with Crippen LogP contribution in [0.5, 0.6) is 0 Å². The van der Waals surface area contributed by atoms with Crippen LogP contribution in [0.15, 0.2) is 18.3 Å². The van der Waals surface area contributed by atoms with Crippen molar-refractivity contribution in [3.8, 4) is 0 Å². The predicted octanol–water partition coefficient (Wildman–Crippen LogP) is 1.20. The van der Waals surface area contributed by atoms with E-state index in [1.165, 1.54) is 10.6 Å². The van der Waals surface area contributed by atoms with Crippen molar-refractivity contribution < 1.29 is 14.7 Å². The maximum Gasteiger partial charge on any atom is 0.352 e. The Labute approximate surface area is 99.6 Å². The molecule has 1 aliphatic heterocycles. The van der Waals surface area contributed by atoms with Gasteiger partial charge < -0.3 is 14.6 Å². The van der Waals surface area contributed by atoms with E-state index in [2.05, 4.69) is 0 Å². The zero-order valence-electron chi connectivity index (χ0n) is 9.80. The molecule has 0 saturated carbocycles. The molecule has 1 N–H and O–H groups in total. The van der Waals surface area contributed by atoms with Crippen molar-refractivity contribution in [2.24, 2.45) is 0 Å². The fourth-order valence-corrected chi connectivity index (χ4v) is 2.29. The summed E-state index contributed by atoms with van der Waals surface area (Å²) in [4.78, 5) is 24.7. The summed E-state index contributed by atoms with van der Waals surface area (Å²) in [6.07, 6.45) is 3.69. The van der Waals surface area contributed by atoms with Crippen LogP contribution in [0.1, 0.15) is 30.3 Å². The molecule has 5 nitrogen and oxygen atoms in total. The summed E-state index contributed by atoms with van der Waals surface area (Å²) >= 11 is 0. The SMILES string of the molecule is CC1CCCN1C(=O)Cn1cccc1C(=O)O. The van der Waals surface area contributed by atoms with Gasteiger partial charge in [-0.15, -0.1) is 0 Å². The molecule has 0 aromatic carbocycles. The Hall–Kier alpha value is -1.78. The lowest BCUT2D eigenvalue weighted by Crippen LogP contribution is -2.36. The molecule has 1 fully saturated rings. The van der Waals surface area contributed by atoms with Crippen LogP contribution in [0.3, 0.4) is 0 Å². The third-order valence-corrected chi connectivity index (χ3v) is 3.23. The molecule has 0 spiro atoms. The molecule has 0 aliphatic carbocycles. The fraction of sp³-hybridized carbons (Fsp3) is 0.500. The molecule has 0 bridgehead atoms. The van der Waals surface area contributed by atoms with Crippen LogP contribution in [0.4, 0.5) is 0 Å². The van der Waals surface area contributed by atoms with Gasteiger partial charge in [0.2, 0.25) is 5.91 Å². The molecule has 92 valence electrons. The third kappa shape index (κ3) is 2.33. The molecular formula is C12H16N2O3.